The highest BCUT2D eigenvalue weighted by molar-refractivity contribution is 7.09. The number of thiophene rings is 1. The Hall–Kier alpha value is -2.52. The quantitative estimate of drug-likeness (QED) is 0.847. The SMILES string of the molecule is CC(C)Oc1ccc(C#N)cc1NC(=O)NCCc1cccs1. The third-order valence-corrected chi connectivity index (χ3v) is 3.89. The van der Waals surface area contributed by atoms with Crippen molar-refractivity contribution in [1.82, 2.24) is 5.32 Å². The van der Waals surface area contributed by atoms with Crippen LogP contribution in [0.4, 0.5) is 10.5 Å². The first-order valence-corrected chi connectivity index (χ1v) is 8.24. The highest BCUT2D eigenvalue weighted by Gasteiger charge is 2.10. The van der Waals surface area contributed by atoms with Crippen LogP contribution < -0.4 is 15.4 Å². The Labute approximate surface area is 139 Å². The fraction of sp³-hybridized carbons (Fsp3) is 0.294. The molecule has 5 nitrogen and oxygen atoms in total. The van der Waals surface area contributed by atoms with Gasteiger partial charge in [-0.15, -0.1) is 11.3 Å². The molecule has 2 rings (SSSR count). The molecule has 1 heterocycles. The van der Waals surface area contributed by atoms with E-state index in [0.29, 0.717) is 23.5 Å². The predicted molar refractivity (Wildman–Crippen MR) is 92.0 cm³/mol. The average molecular weight is 329 g/mol. The highest BCUT2D eigenvalue weighted by atomic mass is 32.1. The number of hydrogen-bond acceptors (Lipinski definition) is 4. The van der Waals surface area contributed by atoms with E-state index in [1.807, 2.05) is 31.4 Å². The number of rotatable bonds is 6. The first-order chi connectivity index (χ1) is 11.1. The smallest absolute Gasteiger partial charge is 0.319 e. The van der Waals surface area contributed by atoms with Crippen LogP contribution in [-0.4, -0.2) is 18.7 Å². The van der Waals surface area contributed by atoms with Gasteiger partial charge in [0.25, 0.3) is 0 Å². The van der Waals surface area contributed by atoms with Crippen molar-refractivity contribution < 1.29 is 9.53 Å². The molecule has 0 bridgehead atoms. The zero-order valence-electron chi connectivity index (χ0n) is 13.1. The topological polar surface area (TPSA) is 74.1 Å². The first kappa shape index (κ1) is 16.8. The average Bonchev–Trinajstić information content (AvgIpc) is 3.02. The van der Waals surface area contributed by atoms with Gasteiger partial charge in [0.2, 0.25) is 0 Å². The van der Waals surface area contributed by atoms with Crippen LogP contribution >= 0.6 is 11.3 Å². The standard InChI is InChI=1S/C17H19N3O2S/c1-12(2)22-16-6-5-13(11-18)10-15(16)20-17(21)19-8-7-14-4-3-9-23-14/h3-6,9-10,12H,7-8H2,1-2H3,(H2,19,20,21). The number of benzene rings is 1. The number of ether oxygens (including phenoxy) is 1. The molecule has 2 amide bonds. The maximum atomic E-state index is 12.0. The van der Waals surface area contributed by atoms with E-state index in [1.54, 1.807) is 29.5 Å². The van der Waals surface area contributed by atoms with E-state index >= 15 is 0 Å². The van der Waals surface area contributed by atoms with Crippen molar-refractivity contribution in [2.75, 3.05) is 11.9 Å². The largest absolute Gasteiger partial charge is 0.489 e. The molecule has 0 aliphatic rings. The van der Waals surface area contributed by atoms with Crippen LogP contribution in [0.5, 0.6) is 5.75 Å². The number of carbonyl (C=O) groups is 1. The van der Waals surface area contributed by atoms with Gasteiger partial charge in [-0.25, -0.2) is 4.79 Å². The van der Waals surface area contributed by atoms with E-state index in [4.69, 9.17) is 10.00 Å². The summed E-state index contributed by atoms with van der Waals surface area (Å²) in [6, 6.07) is 10.7. The first-order valence-electron chi connectivity index (χ1n) is 7.36. The Kier molecular flexibility index (Phi) is 6.01. The summed E-state index contributed by atoms with van der Waals surface area (Å²) in [5, 5.41) is 16.6. The lowest BCUT2D eigenvalue weighted by atomic mass is 10.2. The van der Waals surface area contributed by atoms with Gasteiger partial charge in [0.1, 0.15) is 5.75 Å². The number of urea groups is 1. The summed E-state index contributed by atoms with van der Waals surface area (Å²) in [7, 11) is 0. The Balaban J connectivity index is 1.96. The van der Waals surface area contributed by atoms with Crippen LogP contribution in [0.25, 0.3) is 0 Å². The highest BCUT2D eigenvalue weighted by Crippen LogP contribution is 2.26. The van der Waals surface area contributed by atoms with E-state index in [-0.39, 0.29) is 12.1 Å². The monoisotopic (exact) mass is 329 g/mol. The Morgan fingerprint density at radius 1 is 1.39 bits per heavy atom. The van der Waals surface area contributed by atoms with Gasteiger partial charge in [-0.05, 0) is 49.9 Å². The van der Waals surface area contributed by atoms with Crippen molar-refractivity contribution >= 4 is 23.1 Å². The molecule has 0 spiro atoms. The van der Waals surface area contributed by atoms with Gasteiger partial charge in [0.05, 0.1) is 23.4 Å². The van der Waals surface area contributed by atoms with Crippen molar-refractivity contribution in [3.8, 4) is 11.8 Å². The van der Waals surface area contributed by atoms with E-state index in [1.165, 1.54) is 4.88 Å². The summed E-state index contributed by atoms with van der Waals surface area (Å²) in [5.41, 5.74) is 0.960. The number of carbonyl (C=O) groups excluding carboxylic acids is 1. The lowest BCUT2D eigenvalue weighted by molar-refractivity contribution is 0.241. The Bertz CT molecular complexity index is 690. The lowest BCUT2D eigenvalue weighted by Crippen LogP contribution is -2.30. The van der Waals surface area contributed by atoms with Crippen LogP contribution in [0.2, 0.25) is 0 Å². The third kappa shape index (κ3) is 5.31. The van der Waals surface area contributed by atoms with Crippen molar-refractivity contribution in [1.29, 1.82) is 5.26 Å². The summed E-state index contributed by atoms with van der Waals surface area (Å²) < 4.78 is 5.66. The molecule has 0 unspecified atom stereocenters. The number of hydrogen-bond donors (Lipinski definition) is 2. The molecule has 0 saturated carbocycles. The van der Waals surface area contributed by atoms with Gasteiger partial charge >= 0.3 is 6.03 Å². The predicted octanol–water partition coefficient (Wildman–Crippen LogP) is 3.77. The van der Waals surface area contributed by atoms with Crippen LogP contribution in [0.15, 0.2) is 35.7 Å². The number of nitriles is 1. The summed E-state index contributed by atoms with van der Waals surface area (Å²) in [6.45, 7) is 4.36. The minimum absolute atomic E-state index is 0.0228. The molecule has 0 aliphatic carbocycles. The summed E-state index contributed by atoms with van der Waals surface area (Å²) in [6.07, 6.45) is 0.768. The van der Waals surface area contributed by atoms with Gasteiger partial charge in [0.15, 0.2) is 0 Å². The molecule has 0 aliphatic heterocycles. The summed E-state index contributed by atoms with van der Waals surface area (Å²) in [5.74, 6) is 0.549. The van der Waals surface area contributed by atoms with Crippen molar-refractivity contribution in [2.45, 2.75) is 26.4 Å². The number of anilines is 1. The minimum atomic E-state index is -0.315. The summed E-state index contributed by atoms with van der Waals surface area (Å²) >= 11 is 1.67. The van der Waals surface area contributed by atoms with Crippen LogP contribution in [0.3, 0.4) is 0 Å². The van der Waals surface area contributed by atoms with Gasteiger partial charge in [0, 0.05) is 11.4 Å². The summed E-state index contributed by atoms with van der Waals surface area (Å²) in [4.78, 5) is 13.2. The molecule has 120 valence electrons. The van der Waals surface area contributed by atoms with Crippen LogP contribution in [-0.2, 0) is 6.42 Å². The fourth-order valence-electron chi connectivity index (χ4n) is 1.97. The van der Waals surface area contributed by atoms with Gasteiger partial charge < -0.3 is 15.4 Å². The molecule has 0 atom stereocenters. The maximum Gasteiger partial charge on any atom is 0.319 e. The van der Waals surface area contributed by atoms with E-state index < -0.39 is 0 Å². The zero-order chi connectivity index (χ0) is 16.7. The maximum absolute atomic E-state index is 12.0. The van der Waals surface area contributed by atoms with E-state index in [9.17, 15) is 4.79 Å². The van der Waals surface area contributed by atoms with Gasteiger partial charge in [-0.3, -0.25) is 0 Å². The van der Waals surface area contributed by atoms with E-state index in [0.717, 1.165) is 6.42 Å². The minimum Gasteiger partial charge on any atom is -0.489 e. The molecule has 1 aromatic carbocycles. The third-order valence-electron chi connectivity index (χ3n) is 2.96. The lowest BCUT2D eigenvalue weighted by Gasteiger charge is -2.15. The van der Waals surface area contributed by atoms with Crippen molar-refractivity contribution in [2.24, 2.45) is 0 Å². The zero-order valence-corrected chi connectivity index (χ0v) is 13.9. The second-order valence-electron chi connectivity index (χ2n) is 5.20. The second-order valence-corrected chi connectivity index (χ2v) is 6.23. The van der Waals surface area contributed by atoms with Crippen LogP contribution in [0.1, 0.15) is 24.3 Å². The molecule has 0 fully saturated rings. The van der Waals surface area contributed by atoms with Gasteiger partial charge in [-0.2, -0.15) is 5.26 Å². The molecule has 0 radical (unpaired) electrons. The van der Waals surface area contributed by atoms with Gasteiger partial charge in [-0.1, -0.05) is 6.07 Å². The molecule has 6 heteroatoms. The second kappa shape index (κ2) is 8.20. The Morgan fingerprint density at radius 2 is 2.22 bits per heavy atom. The molecule has 2 N–H and O–H groups in total. The molecule has 1 aromatic heterocycles. The normalized spacial score (nSPS) is 10.2. The van der Waals surface area contributed by atoms with Crippen molar-refractivity contribution in [3.63, 3.8) is 0 Å². The molecule has 0 saturated heterocycles. The molecular formula is C17H19N3O2S. The van der Waals surface area contributed by atoms with Crippen LogP contribution in [0, 0.1) is 11.3 Å². The Morgan fingerprint density at radius 3 is 2.87 bits per heavy atom. The van der Waals surface area contributed by atoms with E-state index in [2.05, 4.69) is 16.7 Å². The number of nitrogens with zero attached hydrogens (tertiary/aromatic N) is 1. The fourth-order valence-corrected chi connectivity index (χ4v) is 2.68. The number of nitrogens with one attached hydrogen (secondary N) is 2. The molecule has 2 aromatic rings. The molecule has 23 heavy (non-hydrogen) atoms. The molecular weight excluding hydrogens is 310 g/mol. The van der Waals surface area contributed by atoms with Crippen molar-refractivity contribution in [3.05, 3.63) is 46.2 Å². The number of amides is 2.